The second kappa shape index (κ2) is 11.7. The number of aromatic nitrogens is 1. The number of ether oxygens (including phenoxy) is 1. The summed E-state index contributed by atoms with van der Waals surface area (Å²) in [6, 6.07) is 0.295. The Kier molecular flexibility index (Phi) is 8.61. The molecule has 1 unspecified atom stereocenters. The molecule has 2 amide bonds. The minimum Gasteiger partial charge on any atom is -0.502 e. The van der Waals surface area contributed by atoms with Gasteiger partial charge in [0, 0.05) is 36.5 Å². The van der Waals surface area contributed by atoms with E-state index in [4.69, 9.17) is 4.74 Å². The third-order valence-corrected chi connectivity index (χ3v) is 5.75. The summed E-state index contributed by atoms with van der Waals surface area (Å²) in [6.45, 7) is 7.45. The topological polar surface area (TPSA) is 121 Å². The standard InChI is InChI=1S/C25H25F3N4O6/c1-4-6-7-38-20(33)12-30-13-31(14(3)5-2)25(37)21-23(35)22(34)17(11-32(21)30)24(36)29-10-16-18(27)8-15(26)9-19(16)28/h4-5,8-9,11,14,35H,1-2,6-7,10,12-13H2,3H3,(H,29,36). The van der Waals surface area contributed by atoms with Gasteiger partial charge in [-0.25, -0.2) is 13.2 Å². The van der Waals surface area contributed by atoms with Gasteiger partial charge in [0.2, 0.25) is 5.43 Å². The summed E-state index contributed by atoms with van der Waals surface area (Å²) in [5, 5.41) is 14.0. The Labute approximate surface area is 215 Å². The highest BCUT2D eigenvalue weighted by Crippen LogP contribution is 2.23. The van der Waals surface area contributed by atoms with Crippen LogP contribution in [0.15, 0.2) is 48.4 Å². The summed E-state index contributed by atoms with van der Waals surface area (Å²) in [6.07, 6.45) is 4.31. The molecule has 38 heavy (non-hydrogen) atoms. The van der Waals surface area contributed by atoms with E-state index in [2.05, 4.69) is 18.5 Å². The molecule has 0 radical (unpaired) electrons. The fourth-order valence-corrected chi connectivity index (χ4v) is 3.64. The van der Waals surface area contributed by atoms with Crippen molar-refractivity contribution in [3.05, 3.63) is 88.1 Å². The van der Waals surface area contributed by atoms with Crippen LogP contribution >= 0.6 is 0 Å². The van der Waals surface area contributed by atoms with Crippen LogP contribution in [-0.2, 0) is 16.1 Å². The number of nitrogens with zero attached hydrogens (tertiary/aromatic N) is 3. The third-order valence-electron chi connectivity index (χ3n) is 5.75. The molecule has 13 heteroatoms. The summed E-state index contributed by atoms with van der Waals surface area (Å²) in [5.74, 6) is -7.36. The highest BCUT2D eigenvalue weighted by atomic mass is 19.1. The van der Waals surface area contributed by atoms with Crippen molar-refractivity contribution in [3.63, 3.8) is 0 Å². The van der Waals surface area contributed by atoms with Crippen LogP contribution in [-0.4, -0.2) is 58.3 Å². The van der Waals surface area contributed by atoms with E-state index in [1.807, 2.05) is 0 Å². The molecule has 0 fully saturated rings. The van der Waals surface area contributed by atoms with Gasteiger partial charge in [-0.3, -0.25) is 28.9 Å². The number of nitrogens with one attached hydrogen (secondary N) is 1. The van der Waals surface area contributed by atoms with Crippen LogP contribution < -0.4 is 15.8 Å². The number of hydrogen-bond donors (Lipinski definition) is 2. The first-order valence-electron chi connectivity index (χ1n) is 11.4. The van der Waals surface area contributed by atoms with Gasteiger partial charge < -0.3 is 20.1 Å². The third kappa shape index (κ3) is 5.71. The Morgan fingerprint density at radius 1 is 1.21 bits per heavy atom. The molecule has 0 saturated heterocycles. The molecule has 2 N–H and O–H groups in total. The van der Waals surface area contributed by atoms with Gasteiger partial charge in [-0.05, 0) is 13.3 Å². The van der Waals surface area contributed by atoms with Crippen LogP contribution in [0.2, 0.25) is 0 Å². The summed E-state index contributed by atoms with van der Waals surface area (Å²) >= 11 is 0. The Hall–Kier alpha value is -4.55. The molecule has 1 aromatic heterocycles. The molecule has 202 valence electrons. The lowest BCUT2D eigenvalue weighted by Crippen LogP contribution is -2.58. The summed E-state index contributed by atoms with van der Waals surface area (Å²) in [4.78, 5) is 52.4. The van der Waals surface area contributed by atoms with Crippen molar-refractivity contribution in [3.8, 4) is 5.75 Å². The number of hydrogen-bond acceptors (Lipinski definition) is 7. The van der Waals surface area contributed by atoms with Crippen LogP contribution in [0, 0.1) is 17.5 Å². The predicted molar refractivity (Wildman–Crippen MR) is 129 cm³/mol. The van der Waals surface area contributed by atoms with Crippen molar-refractivity contribution in [2.24, 2.45) is 0 Å². The number of rotatable bonds is 10. The van der Waals surface area contributed by atoms with Crippen molar-refractivity contribution >= 4 is 17.8 Å². The number of benzene rings is 1. The number of halogens is 3. The predicted octanol–water partition coefficient (Wildman–Crippen LogP) is 1.95. The molecule has 2 heterocycles. The maximum absolute atomic E-state index is 13.9. The maximum Gasteiger partial charge on any atom is 0.327 e. The summed E-state index contributed by atoms with van der Waals surface area (Å²) < 4.78 is 47.1. The van der Waals surface area contributed by atoms with E-state index >= 15 is 0 Å². The first-order valence-corrected chi connectivity index (χ1v) is 11.4. The van der Waals surface area contributed by atoms with Gasteiger partial charge in [0.25, 0.3) is 11.8 Å². The first kappa shape index (κ1) is 28.0. The quantitative estimate of drug-likeness (QED) is 0.272. The molecule has 0 spiro atoms. The second-order valence-corrected chi connectivity index (χ2v) is 8.30. The summed E-state index contributed by atoms with van der Waals surface area (Å²) in [7, 11) is 0. The van der Waals surface area contributed by atoms with Crippen molar-refractivity contribution in [2.45, 2.75) is 25.9 Å². The van der Waals surface area contributed by atoms with E-state index in [-0.39, 0.29) is 13.3 Å². The average Bonchev–Trinajstić information content (AvgIpc) is 2.86. The molecule has 1 aromatic carbocycles. The minimum absolute atomic E-state index is 0.0499. The van der Waals surface area contributed by atoms with Crippen LogP contribution in [0.5, 0.6) is 5.75 Å². The van der Waals surface area contributed by atoms with Gasteiger partial charge in [0.05, 0.1) is 6.61 Å². The number of esters is 1. The van der Waals surface area contributed by atoms with E-state index < -0.39 is 82.4 Å². The maximum atomic E-state index is 13.9. The molecule has 2 aromatic rings. The van der Waals surface area contributed by atoms with Gasteiger partial charge in [0.15, 0.2) is 11.4 Å². The van der Waals surface area contributed by atoms with Gasteiger partial charge >= 0.3 is 5.97 Å². The highest BCUT2D eigenvalue weighted by Gasteiger charge is 2.36. The molecule has 10 nitrogen and oxygen atoms in total. The SMILES string of the molecule is C=CCCOC(=O)CN1CN(C(C)C=C)C(=O)c2c(O)c(=O)c(C(=O)NCc3c(F)cc(F)cc3F)cn21. The number of pyridine rings is 1. The monoisotopic (exact) mass is 534 g/mol. The molecule has 1 atom stereocenters. The number of carbonyl (C=O) groups excluding carboxylic acids is 3. The lowest BCUT2D eigenvalue weighted by Gasteiger charge is -2.41. The zero-order chi connectivity index (χ0) is 28.1. The van der Waals surface area contributed by atoms with Crippen LogP contribution in [0.25, 0.3) is 0 Å². The number of carbonyl (C=O) groups is 3. The molecule has 3 rings (SSSR count). The normalized spacial score (nSPS) is 13.5. The molecular formula is C25H25F3N4O6. The Morgan fingerprint density at radius 2 is 1.87 bits per heavy atom. The van der Waals surface area contributed by atoms with Gasteiger partial charge in [-0.2, -0.15) is 0 Å². The van der Waals surface area contributed by atoms with Crippen LogP contribution in [0.1, 0.15) is 39.8 Å². The van der Waals surface area contributed by atoms with Crippen LogP contribution in [0.3, 0.4) is 0 Å². The van der Waals surface area contributed by atoms with Crippen molar-refractivity contribution in [2.75, 3.05) is 24.8 Å². The largest absolute Gasteiger partial charge is 0.502 e. The average molecular weight is 534 g/mol. The van der Waals surface area contributed by atoms with E-state index in [9.17, 15) is 37.5 Å². The summed E-state index contributed by atoms with van der Waals surface area (Å²) in [5.41, 5.74) is -3.09. The Bertz CT molecular complexity index is 1340. The molecular weight excluding hydrogens is 509 g/mol. The highest BCUT2D eigenvalue weighted by molar-refractivity contribution is 5.99. The Morgan fingerprint density at radius 3 is 2.47 bits per heavy atom. The lowest BCUT2D eigenvalue weighted by atomic mass is 10.1. The van der Waals surface area contributed by atoms with E-state index in [0.717, 1.165) is 10.9 Å². The van der Waals surface area contributed by atoms with E-state index in [1.54, 1.807) is 13.0 Å². The zero-order valence-corrected chi connectivity index (χ0v) is 20.4. The van der Waals surface area contributed by atoms with Gasteiger partial charge in [-0.15, -0.1) is 13.2 Å². The number of fused-ring (bicyclic) bond motifs is 1. The molecule has 0 aliphatic carbocycles. The van der Waals surface area contributed by atoms with Gasteiger partial charge in [-0.1, -0.05) is 12.2 Å². The number of amides is 2. The smallest absolute Gasteiger partial charge is 0.327 e. The molecule has 1 aliphatic heterocycles. The second-order valence-electron chi connectivity index (χ2n) is 8.30. The minimum atomic E-state index is -1.25. The molecule has 0 bridgehead atoms. The van der Waals surface area contributed by atoms with Gasteiger partial charge in [0.1, 0.15) is 36.2 Å². The first-order chi connectivity index (χ1) is 18.0. The van der Waals surface area contributed by atoms with Crippen LogP contribution in [0.4, 0.5) is 13.2 Å². The van der Waals surface area contributed by atoms with E-state index in [1.165, 1.54) is 16.0 Å². The number of aromatic hydroxyl groups is 1. The van der Waals surface area contributed by atoms with Crippen molar-refractivity contribution in [1.29, 1.82) is 0 Å². The fraction of sp³-hybridized carbons (Fsp3) is 0.280. The lowest BCUT2D eigenvalue weighted by molar-refractivity contribution is -0.142. The molecule has 0 saturated carbocycles. The zero-order valence-electron chi connectivity index (χ0n) is 20.4. The Balaban J connectivity index is 1.98. The van der Waals surface area contributed by atoms with E-state index in [0.29, 0.717) is 18.6 Å². The van der Waals surface area contributed by atoms with Crippen molar-refractivity contribution < 1.29 is 37.4 Å². The molecule has 1 aliphatic rings. The van der Waals surface area contributed by atoms with Crippen molar-refractivity contribution in [1.82, 2.24) is 14.9 Å². The fourth-order valence-electron chi connectivity index (χ4n) is 3.64.